The average molecular weight is 853 g/mol. The molecule has 2 aliphatic carbocycles. The number of likely N-dealkylation sites (tertiary alicyclic amines) is 2. The van der Waals surface area contributed by atoms with E-state index in [4.69, 9.17) is 26.1 Å². The molecule has 4 aliphatic rings. The number of sulfonamides is 1. The van der Waals surface area contributed by atoms with Crippen molar-refractivity contribution >= 4 is 56.2 Å². The Bertz CT molecular complexity index is 2270. The number of piperidine rings is 1. The Kier molecular flexibility index (Phi) is 11.7. The molecule has 0 spiro atoms. The van der Waals surface area contributed by atoms with Gasteiger partial charge in [0.15, 0.2) is 0 Å². The molecule has 3 aromatic rings. The van der Waals surface area contributed by atoms with Gasteiger partial charge in [0.05, 0.1) is 48.3 Å². The highest BCUT2D eigenvalue weighted by Gasteiger charge is 2.62. The maximum Gasteiger partial charge on any atom is 0.259 e. The molecule has 7 rings (SSSR count). The Morgan fingerprint density at radius 1 is 1.10 bits per heavy atom. The normalized spacial score (nSPS) is 24.9. The van der Waals surface area contributed by atoms with E-state index in [0.29, 0.717) is 66.0 Å². The first kappa shape index (κ1) is 42.3. The first-order valence-electron chi connectivity index (χ1n) is 19.9. The third-order valence-corrected chi connectivity index (χ3v) is 14.0. The van der Waals surface area contributed by atoms with E-state index in [-0.39, 0.29) is 43.3 Å². The van der Waals surface area contributed by atoms with Crippen LogP contribution in [-0.4, -0.2) is 108 Å². The van der Waals surface area contributed by atoms with Gasteiger partial charge in [-0.1, -0.05) is 44.5 Å². The number of carbonyl (C=O) groups excluding carboxylic acids is 4. The zero-order chi connectivity index (χ0) is 42.4. The second-order valence-electron chi connectivity index (χ2n) is 17.1. The minimum absolute atomic E-state index is 0.0263. The van der Waals surface area contributed by atoms with Crippen LogP contribution in [0, 0.1) is 17.3 Å². The summed E-state index contributed by atoms with van der Waals surface area (Å²) in [6.07, 6.45) is 2.81. The van der Waals surface area contributed by atoms with E-state index in [2.05, 4.69) is 21.6 Å². The van der Waals surface area contributed by atoms with Gasteiger partial charge in [0, 0.05) is 43.0 Å². The topological polar surface area (TPSA) is 177 Å². The number of methoxy groups -OCH3 is 1. The summed E-state index contributed by atoms with van der Waals surface area (Å²) >= 11 is 6.78. The van der Waals surface area contributed by atoms with E-state index in [0.717, 1.165) is 0 Å². The molecule has 14 nitrogen and oxygen atoms in total. The molecule has 4 amide bonds. The van der Waals surface area contributed by atoms with Crippen molar-refractivity contribution in [1.82, 2.24) is 29.8 Å². The summed E-state index contributed by atoms with van der Waals surface area (Å²) in [7, 11) is -2.45. The number of hydrogen-bond donors (Lipinski definition) is 2. The number of rotatable bonds is 13. The van der Waals surface area contributed by atoms with Gasteiger partial charge in [-0.3, -0.25) is 28.9 Å². The lowest BCUT2D eigenvalue weighted by Crippen LogP contribution is -2.57. The summed E-state index contributed by atoms with van der Waals surface area (Å²) < 4.78 is 54.3. The molecule has 59 heavy (non-hydrogen) atoms. The number of ether oxygens (including phenoxy) is 2. The highest BCUT2D eigenvalue weighted by atomic mass is 35.5. The number of pyridine rings is 2. The summed E-state index contributed by atoms with van der Waals surface area (Å²) in [6, 6.07) is 9.31. The second kappa shape index (κ2) is 16.3. The molecule has 0 bridgehead atoms. The van der Waals surface area contributed by atoms with Crippen LogP contribution in [0.1, 0.15) is 65.7 Å². The molecule has 6 atom stereocenters. The van der Waals surface area contributed by atoms with Gasteiger partial charge in [0.2, 0.25) is 27.7 Å². The maximum absolute atomic E-state index is 14.9. The number of amides is 4. The first-order valence-corrected chi connectivity index (χ1v) is 21.9. The molecule has 2 N–H and O–H groups in total. The standard InChI is InChI=1S/C42H50ClFN6O8S/c1-6-24-21-42(24,40(54)48-59(55,56)27-12-13-27)47-38(52)32-18-26(23-50(32)39(53)29(41(2,3)4)19-35(51)49-17-9-10-25(44)22-49)58-34-20-31(30-11-7-8-16-45-30)46-37-28(34)14-15-33(57-5)36(37)43/h6-8,11,14-16,20,24-27,29,32H,1,9-10,12-13,17-19,21-23H2,2-5H3,(H,47,52)(H,48,54)/t24?,25?,26-,29-,32+,42-/m1/s1. The van der Waals surface area contributed by atoms with E-state index < -0.39 is 74.1 Å². The fraction of sp³-hybridized carbons (Fsp3) is 0.524. The highest BCUT2D eigenvalue weighted by Crippen LogP contribution is 2.46. The Hall–Kier alpha value is -4.83. The molecule has 4 fully saturated rings. The second-order valence-corrected chi connectivity index (χ2v) is 19.4. The van der Waals surface area contributed by atoms with Crippen molar-refractivity contribution in [2.75, 3.05) is 26.7 Å². The van der Waals surface area contributed by atoms with Crippen LogP contribution >= 0.6 is 11.6 Å². The molecular weight excluding hydrogens is 803 g/mol. The smallest absolute Gasteiger partial charge is 0.259 e. The predicted octanol–water partition coefficient (Wildman–Crippen LogP) is 4.99. The van der Waals surface area contributed by atoms with E-state index in [1.54, 1.807) is 36.5 Å². The molecule has 0 radical (unpaired) electrons. The number of alkyl halides is 1. The van der Waals surface area contributed by atoms with Crippen LogP contribution in [-0.2, 0) is 29.2 Å². The van der Waals surface area contributed by atoms with Crippen LogP contribution in [0.5, 0.6) is 11.5 Å². The van der Waals surface area contributed by atoms with Crippen LogP contribution in [0.4, 0.5) is 4.39 Å². The summed E-state index contributed by atoms with van der Waals surface area (Å²) in [5, 5.41) is 2.92. The maximum atomic E-state index is 14.9. The molecule has 2 aromatic heterocycles. The zero-order valence-electron chi connectivity index (χ0n) is 33.6. The molecular formula is C42H50ClFN6O8S. The number of hydrogen-bond acceptors (Lipinski definition) is 10. The average Bonchev–Trinajstić information content (AvgIpc) is 4.13. The van der Waals surface area contributed by atoms with Gasteiger partial charge < -0.3 is 24.6 Å². The lowest BCUT2D eigenvalue weighted by molar-refractivity contribution is -0.149. The minimum atomic E-state index is -3.94. The van der Waals surface area contributed by atoms with Crippen molar-refractivity contribution in [2.45, 2.75) is 94.8 Å². The van der Waals surface area contributed by atoms with Gasteiger partial charge >= 0.3 is 0 Å². The van der Waals surface area contributed by atoms with Crippen LogP contribution in [0.2, 0.25) is 5.02 Å². The van der Waals surface area contributed by atoms with Gasteiger partial charge in [0.25, 0.3) is 5.91 Å². The van der Waals surface area contributed by atoms with Crippen molar-refractivity contribution < 1.29 is 41.5 Å². The largest absolute Gasteiger partial charge is 0.495 e. The third kappa shape index (κ3) is 8.75. The van der Waals surface area contributed by atoms with Crippen molar-refractivity contribution in [3.63, 3.8) is 0 Å². The van der Waals surface area contributed by atoms with Crippen molar-refractivity contribution in [3.8, 4) is 22.9 Å². The summed E-state index contributed by atoms with van der Waals surface area (Å²) in [5.74, 6) is -3.14. The number of benzene rings is 1. The fourth-order valence-electron chi connectivity index (χ4n) is 8.10. The number of nitrogens with one attached hydrogen (secondary N) is 2. The number of aromatic nitrogens is 2. The summed E-state index contributed by atoms with van der Waals surface area (Å²) in [5.41, 5.74) is -1.00. The minimum Gasteiger partial charge on any atom is -0.495 e. The van der Waals surface area contributed by atoms with Gasteiger partial charge in [-0.25, -0.2) is 17.8 Å². The van der Waals surface area contributed by atoms with Crippen LogP contribution < -0.4 is 19.5 Å². The Morgan fingerprint density at radius 3 is 2.49 bits per heavy atom. The molecule has 316 valence electrons. The third-order valence-electron chi connectivity index (χ3n) is 11.8. The Morgan fingerprint density at radius 2 is 1.86 bits per heavy atom. The molecule has 4 heterocycles. The van der Waals surface area contributed by atoms with E-state index in [1.165, 1.54) is 23.0 Å². The van der Waals surface area contributed by atoms with Gasteiger partial charge in [-0.15, -0.1) is 6.58 Å². The molecule has 17 heteroatoms. The van der Waals surface area contributed by atoms with Crippen LogP contribution in [0.3, 0.4) is 0 Å². The molecule has 2 unspecified atom stereocenters. The van der Waals surface area contributed by atoms with Crippen molar-refractivity contribution in [2.24, 2.45) is 17.3 Å². The van der Waals surface area contributed by atoms with Crippen LogP contribution in [0.15, 0.2) is 55.3 Å². The molecule has 1 aromatic carbocycles. The number of fused-ring (bicyclic) bond motifs is 1. The van der Waals surface area contributed by atoms with Crippen LogP contribution in [0.25, 0.3) is 22.3 Å². The SMILES string of the molecule is C=CC1C[C@]1(NC(=O)[C@@H]1C[C@@H](Oc2cc(-c3ccccn3)nc3c(Cl)c(OC)ccc23)CN1C(=O)[C@@H](CC(=O)N1CCCC(F)C1)C(C)(C)C)C(=O)NS(=O)(=O)C1CC1. The fourth-order valence-corrected chi connectivity index (χ4v) is 9.75. The Labute approximate surface area is 348 Å². The summed E-state index contributed by atoms with van der Waals surface area (Å²) in [4.78, 5) is 68.8. The predicted molar refractivity (Wildman–Crippen MR) is 219 cm³/mol. The summed E-state index contributed by atoms with van der Waals surface area (Å²) in [6.45, 7) is 9.53. The number of nitrogens with zero attached hydrogens (tertiary/aromatic N) is 4. The van der Waals surface area contributed by atoms with E-state index >= 15 is 0 Å². The number of halogens is 2. The molecule has 2 saturated carbocycles. The lowest BCUT2D eigenvalue weighted by Gasteiger charge is -2.37. The molecule has 2 aliphatic heterocycles. The first-order chi connectivity index (χ1) is 27.9. The monoisotopic (exact) mass is 852 g/mol. The van der Waals surface area contributed by atoms with Crippen molar-refractivity contribution in [1.29, 1.82) is 0 Å². The van der Waals surface area contributed by atoms with Gasteiger partial charge in [-0.05, 0) is 61.8 Å². The molecule has 2 saturated heterocycles. The Balaban J connectivity index is 1.23. The zero-order valence-corrected chi connectivity index (χ0v) is 35.2. The van der Waals surface area contributed by atoms with Gasteiger partial charge in [-0.2, -0.15) is 0 Å². The highest BCUT2D eigenvalue weighted by molar-refractivity contribution is 7.91. The van der Waals surface area contributed by atoms with Gasteiger partial charge in [0.1, 0.15) is 40.4 Å². The van der Waals surface area contributed by atoms with E-state index in [1.807, 2.05) is 26.8 Å². The van der Waals surface area contributed by atoms with E-state index in [9.17, 15) is 32.0 Å². The quantitative estimate of drug-likeness (QED) is 0.223. The van der Waals surface area contributed by atoms with Crippen molar-refractivity contribution in [3.05, 3.63) is 60.3 Å². The lowest BCUT2D eigenvalue weighted by atomic mass is 9.77. The number of carbonyl (C=O) groups is 4.